The average molecular weight is 254 g/mol. The summed E-state index contributed by atoms with van der Waals surface area (Å²) in [5.74, 6) is 0.587. The SMILES string of the molecule is CS(=O)(=O)NCCNCC1Cc2ccccc21. The maximum Gasteiger partial charge on any atom is 0.208 e. The Morgan fingerprint density at radius 1 is 1.29 bits per heavy atom. The Hall–Kier alpha value is -0.910. The minimum Gasteiger partial charge on any atom is -0.315 e. The molecular weight excluding hydrogens is 236 g/mol. The van der Waals surface area contributed by atoms with E-state index >= 15 is 0 Å². The van der Waals surface area contributed by atoms with Gasteiger partial charge in [-0.2, -0.15) is 0 Å². The number of hydrogen-bond donors (Lipinski definition) is 2. The van der Waals surface area contributed by atoms with Gasteiger partial charge in [-0.1, -0.05) is 24.3 Å². The van der Waals surface area contributed by atoms with E-state index < -0.39 is 10.0 Å². The van der Waals surface area contributed by atoms with Crippen LogP contribution in [0.4, 0.5) is 0 Å². The molecule has 0 fully saturated rings. The van der Waals surface area contributed by atoms with Crippen LogP contribution in [0.1, 0.15) is 17.0 Å². The van der Waals surface area contributed by atoms with Gasteiger partial charge in [-0.05, 0) is 17.5 Å². The fraction of sp³-hybridized carbons (Fsp3) is 0.500. The van der Waals surface area contributed by atoms with Gasteiger partial charge in [-0.25, -0.2) is 13.1 Å². The molecule has 1 aromatic carbocycles. The molecule has 0 heterocycles. The molecule has 94 valence electrons. The van der Waals surface area contributed by atoms with Crippen LogP contribution in [0.3, 0.4) is 0 Å². The summed E-state index contributed by atoms with van der Waals surface area (Å²) in [6, 6.07) is 8.46. The second-order valence-electron chi connectivity index (χ2n) is 4.47. The highest BCUT2D eigenvalue weighted by molar-refractivity contribution is 7.88. The van der Waals surface area contributed by atoms with Crippen molar-refractivity contribution in [3.05, 3.63) is 35.4 Å². The molecule has 1 aliphatic rings. The second kappa shape index (κ2) is 5.16. The van der Waals surface area contributed by atoms with Crippen LogP contribution in [-0.2, 0) is 16.4 Å². The zero-order chi connectivity index (χ0) is 12.3. The van der Waals surface area contributed by atoms with Crippen LogP contribution in [0.15, 0.2) is 24.3 Å². The summed E-state index contributed by atoms with van der Waals surface area (Å²) in [6.07, 6.45) is 2.30. The quantitative estimate of drug-likeness (QED) is 0.725. The maximum atomic E-state index is 10.8. The Kier molecular flexibility index (Phi) is 3.81. The predicted molar refractivity (Wildman–Crippen MR) is 68.6 cm³/mol. The lowest BCUT2D eigenvalue weighted by molar-refractivity contribution is 0.532. The van der Waals surface area contributed by atoms with Crippen molar-refractivity contribution < 1.29 is 8.42 Å². The molecule has 0 bridgehead atoms. The normalized spacial score (nSPS) is 18.5. The monoisotopic (exact) mass is 254 g/mol. The van der Waals surface area contributed by atoms with Crippen molar-refractivity contribution in [1.82, 2.24) is 10.0 Å². The molecule has 2 N–H and O–H groups in total. The molecule has 2 rings (SSSR count). The molecule has 0 spiro atoms. The predicted octanol–water partition coefficient (Wildman–Crippen LogP) is 0.465. The molecule has 5 heteroatoms. The van der Waals surface area contributed by atoms with Crippen LogP contribution in [0.5, 0.6) is 0 Å². The first-order chi connectivity index (χ1) is 8.06. The van der Waals surface area contributed by atoms with Gasteiger partial charge < -0.3 is 5.32 Å². The Morgan fingerprint density at radius 2 is 2.06 bits per heavy atom. The van der Waals surface area contributed by atoms with Crippen LogP contribution in [0.2, 0.25) is 0 Å². The summed E-state index contributed by atoms with van der Waals surface area (Å²) in [6.45, 7) is 2.04. The first-order valence-corrected chi connectivity index (χ1v) is 7.68. The Labute approximate surface area is 102 Å². The lowest BCUT2D eigenvalue weighted by Gasteiger charge is -2.30. The summed E-state index contributed by atoms with van der Waals surface area (Å²) in [7, 11) is -3.06. The highest BCUT2D eigenvalue weighted by Crippen LogP contribution is 2.33. The van der Waals surface area contributed by atoms with Crippen molar-refractivity contribution >= 4 is 10.0 Å². The van der Waals surface area contributed by atoms with Crippen molar-refractivity contribution in [2.75, 3.05) is 25.9 Å². The summed E-state index contributed by atoms with van der Waals surface area (Å²) >= 11 is 0. The highest BCUT2D eigenvalue weighted by atomic mass is 32.2. The number of hydrogen-bond acceptors (Lipinski definition) is 3. The van der Waals surface area contributed by atoms with E-state index in [0.29, 0.717) is 19.0 Å². The minimum atomic E-state index is -3.06. The van der Waals surface area contributed by atoms with Crippen LogP contribution in [0.25, 0.3) is 0 Å². The van der Waals surface area contributed by atoms with E-state index in [2.05, 4.69) is 34.3 Å². The van der Waals surface area contributed by atoms with Gasteiger partial charge in [-0.15, -0.1) is 0 Å². The molecule has 1 unspecified atom stereocenters. The molecule has 0 amide bonds. The van der Waals surface area contributed by atoms with Crippen molar-refractivity contribution in [3.63, 3.8) is 0 Å². The molecule has 0 aliphatic heterocycles. The number of rotatable bonds is 6. The fourth-order valence-corrected chi connectivity index (χ4v) is 2.62. The number of benzene rings is 1. The summed E-state index contributed by atoms with van der Waals surface area (Å²) in [4.78, 5) is 0. The highest BCUT2D eigenvalue weighted by Gasteiger charge is 2.24. The lowest BCUT2D eigenvalue weighted by Crippen LogP contribution is -2.35. The second-order valence-corrected chi connectivity index (χ2v) is 6.30. The topological polar surface area (TPSA) is 58.2 Å². The molecule has 0 saturated carbocycles. The smallest absolute Gasteiger partial charge is 0.208 e. The van der Waals surface area contributed by atoms with Crippen LogP contribution < -0.4 is 10.0 Å². The molecule has 17 heavy (non-hydrogen) atoms. The van der Waals surface area contributed by atoms with Gasteiger partial charge in [-0.3, -0.25) is 0 Å². The first kappa shape index (κ1) is 12.5. The third-order valence-corrected chi connectivity index (χ3v) is 3.75. The van der Waals surface area contributed by atoms with Crippen molar-refractivity contribution in [2.45, 2.75) is 12.3 Å². The fourth-order valence-electron chi connectivity index (χ4n) is 2.15. The summed E-state index contributed by atoms with van der Waals surface area (Å²) < 4.78 is 24.1. The minimum absolute atomic E-state index is 0.452. The van der Waals surface area contributed by atoms with Gasteiger partial charge in [0.2, 0.25) is 10.0 Å². The zero-order valence-corrected chi connectivity index (χ0v) is 10.8. The van der Waals surface area contributed by atoms with E-state index in [1.54, 1.807) is 0 Å². The van der Waals surface area contributed by atoms with Gasteiger partial charge in [0.1, 0.15) is 0 Å². The largest absolute Gasteiger partial charge is 0.315 e. The van der Waals surface area contributed by atoms with Crippen LogP contribution >= 0.6 is 0 Å². The maximum absolute atomic E-state index is 10.8. The van der Waals surface area contributed by atoms with Crippen molar-refractivity contribution in [1.29, 1.82) is 0 Å². The molecule has 1 atom stereocenters. The Bertz CT molecular complexity index is 485. The molecule has 4 nitrogen and oxygen atoms in total. The molecule has 1 aromatic rings. The van der Waals surface area contributed by atoms with E-state index in [4.69, 9.17) is 0 Å². The number of nitrogens with one attached hydrogen (secondary N) is 2. The van der Waals surface area contributed by atoms with Crippen molar-refractivity contribution in [2.24, 2.45) is 0 Å². The van der Waals surface area contributed by atoms with E-state index in [1.807, 2.05) is 0 Å². The lowest BCUT2D eigenvalue weighted by atomic mass is 9.78. The van der Waals surface area contributed by atoms with Crippen LogP contribution in [-0.4, -0.2) is 34.3 Å². The van der Waals surface area contributed by atoms with E-state index in [0.717, 1.165) is 13.0 Å². The zero-order valence-electron chi connectivity index (χ0n) is 9.94. The molecule has 0 radical (unpaired) electrons. The summed E-state index contributed by atoms with van der Waals surface area (Å²) in [5.41, 5.74) is 2.87. The Balaban J connectivity index is 1.65. The van der Waals surface area contributed by atoms with E-state index in [-0.39, 0.29) is 0 Å². The standard InChI is InChI=1S/C12H18N2O2S/c1-17(15,16)14-7-6-13-9-11-8-10-4-2-3-5-12(10)11/h2-5,11,13-14H,6-9H2,1H3. The molecule has 0 saturated heterocycles. The van der Waals surface area contributed by atoms with E-state index in [1.165, 1.54) is 17.4 Å². The Morgan fingerprint density at radius 3 is 2.76 bits per heavy atom. The van der Waals surface area contributed by atoms with Gasteiger partial charge in [0.25, 0.3) is 0 Å². The van der Waals surface area contributed by atoms with Crippen molar-refractivity contribution in [3.8, 4) is 0 Å². The number of fused-ring (bicyclic) bond motifs is 1. The number of sulfonamides is 1. The third-order valence-electron chi connectivity index (χ3n) is 3.02. The third kappa shape index (κ3) is 3.52. The van der Waals surface area contributed by atoms with Gasteiger partial charge in [0, 0.05) is 25.6 Å². The van der Waals surface area contributed by atoms with Gasteiger partial charge in [0.15, 0.2) is 0 Å². The first-order valence-electron chi connectivity index (χ1n) is 5.79. The van der Waals surface area contributed by atoms with Gasteiger partial charge in [0.05, 0.1) is 6.26 Å². The summed E-state index contributed by atoms with van der Waals surface area (Å²) in [5, 5.41) is 3.27. The van der Waals surface area contributed by atoms with Gasteiger partial charge >= 0.3 is 0 Å². The molecule has 0 aromatic heterocycles. The molecular formula is C12H18N2O2S. The van der Waals surface area contributed by atoms with Crippen LogP contribution in [0, 0.1) is 0 Å². The van der Waals surface area contributed by atoms with E-state index in [9.17, 15) is 8.42 Å². The molecule has 1 aliphatic carbocycles. The average Bonchev–Trinajstić information content (AvgIpc) is 2.22.